The molecule has 9 heteroatoms. The number of allylic oxidation sites excluding steroid dienone is 1. The number of ether oxygens (including phenoxy) is 2. The normalized spacial score (nSPS) is 10.7. The van der Waals surface area contributed by atoms with Gasteiger partial charge < -0.3 is 15.2 Å². The van der Waals surface area contributed by atoms with Gasteiger partial charge in [0.15, 0.2) is 11.5 Å². The highest BCUT2D eigenvalue weighted by molar-refractivity contribution is 6.35. The molecule has 0 saturated heterocycles. The first-order valence-corrected chi connectivity index (χ1v) is 9.65. The molecule has 2 aromatic rings. The Labute approximate surface area is 189 Å². The fourth-order valence-corrected chi connectivity index (χ4v) is 3.14. The second kappa shape index (κ2) is 11.1. The summed E-state index contributed by atoms with van der Waals surface area (Å²) in [6.45, 7) is 3.91. The van der Waals surface area contributed by atoms with Crippen molar-refractivity contribution in [1.82, 2.24) is 5.32 Å². The van der Waals surface area contributed by atoms with E-state index < -0.39 is 11.9 Å². The third-order valence-corrected chi connectivity index (χ3v) is 4.63. The molecule has 7 nitrogen and oxygen atoms in total. The summed E-state index contributed by atoms with van der Waals surface area (Å²) in [6, 6.07) is 9.10. The Morgan fingerprint density at radius 3 is 2.58 bits per heavy atom. The molecule has 3 amide bonds. The van der Waals surface area contributed by atoms with Gasteiger partial charge in [0.1, 0.15) is 18.2 Å². The van der Waals surface area contributed by atoms with Gasteiger partial charge in [0, 0.05) is 21.2 Å². The van der Waals surface area contributed by atoms with Crippen LogP contribution < -0.4 is 20.5 Å². The Hall–Kier alpha value is -3.47. The minimum Gasteiger partial charge on any atom is -0.493 e. The average molecular weight is 460 g/mol. The molecule has 0 atom stereocenters. The van der Waals surface area contributed by atoms with Crippen LogP contribution in [0.3, 0.4) is 0 Å². The standard InChI is InChI=1S/C22H19Cl2N3O4/c1-3-4-14-7-13(8-16(11-25)21(28)27-22(26)29)9-19(30-2)20(14)31-12-15-5-6-17(23)10-18(15)24/h3,5-10H,1,4,12H2,2H3,(H3,26,27,28,29)/b16-8-. The molecular formula is C22H19Cl2N3O4. The number of halogens is 2. The fraction of sp³-hybridized carbons (Fsp3) is 0.136. The number of imide groups is 1. The number of carbonyl (C=O) groups is 2. The first-order valence-electron chi connectivity index (χ1n) is 8.90. The molecule has 2 aromatic carbocycles. The molecule has 0 fully saturated rings. The summed E-state index contributed by atoms with van der Waals surface area (Å²) in [4.78, 5) is 22.8. The molecular weight excluding hydrogens is 441 g/mol. The van der Waals surface area contributed by atoms with E-state index in [1.807, 2.05) is 5.32 Å². The van der Waals surface area contributed by atoms with Crippen LogP contribution in [0.1, 0.15) is 16.7 Å². The lowest BCUT2D eigenvalue weighted by Crippen LogP contribution is -2.35. The van der Waals surface area contributed by atoms with Gasteiger partial charge in [-0.25, -0.2) is 4.79 Å². The van der Waals surface area contributed by atoms with Crippen molar-refractivity contribution in [2.75, 3.05) is 7.11 Å². The molecule has 0 aliphatic heterocycles. The molecule has 2 rings (SSSR count). The minimum absolute atomic E-state index is 0.163. The van der Waals surface area contributed by atoms with Crippen LogP contribution in [-0.4, -0.2) is 19.0 Å². The molecule has 31 heavy (non-hydrogen) atoms. The Balaban J connectivity index is 2.42. The highest BCUT2D eigenvalue weighted by Gasteiger charge is 2.16. The van der Waals surface area contributed by atoms with Crippen molar-refractivity contribution in [2.24, 2.45) is 5.73 Å². The van der Waals surface area contributed by atoms with Gasteiger partial charge in [-0.15, -0.1) is 6.58 Å². The van der Waals surface area contributed by atoms with Crippen LogP contribution in [-0.2, 0) is 17.8 Å². The predicted octanol–water partition coefficient (Wildman–Crippen LogP) is 4.41. The molecule has 0 spiro atoms. The van der Waals surface area contributed by atoms with Crippen molar-refractivity contribution in [3.05, 3.63) is 75.3 Å². The third-order valence-electron chi connectivity index (χ3n) is 4.04. The van der Waals surface area contributed by atoms with Gasteiger partial charge in [-0.05, 0) is 42.3 Å². The molecule has 0 aromatic heterocycles. The fourth-order valence-electron chi connectivity index (χ4n) is 2.67. The van der Waals surface area contributed by atoms with Crippen molar-refractivity contribution >= 4 is 41.2 Å². The van der Waals surface area contributed by atoms with E-state index in [4.69, 9.17) is 38.4 Å². The largest absolute Gasteiger partial charge is 0.493 e. The predicted molar refractivity (Wildman–Crippen MR) is 119 cm³/mol. The lowest BCUT2D eigenvalue weighted by Gasteiger charge is -2.16. The van der Waals surface area contributed by atoms with Crippen molar-refractivity contribution in [3.63, 3.8) is 0 Å². The maximum absolute atomic E-state index is 11.9. The number of hydrogen-bond acceptors (Lipinski definition) is 5. The van der Waals surface area contributed by atoms with E-state index >= 15 is 0 Å². The number of methoxy groups -OCH3 is 1. The van der Waals surface area contributed by atoms with Crippen LogP contribution in [0.2, 0.25) is 10.0 Å². The average Bonchev–Trinajstić information content (AvgIpc) is 2.71. The number of nitrogens with two attached hydrogens (primary N) is 1. The Morgan fingerprint density at radius 2 is 2.00 bits per heavy atom. The van der Waals surface area contributed by atoms with Crippen LogP contribution in [0.25, 0.3) is 6.08 Å². The first-order chi connectivity index (χ1) is 14.8. The quantitative estimate of drug-likeness (QED) is 0.344. The molecule has 0 saturated carbocycles. The van der Waals surface area contributed by atoms with Crippen molar-refractivity contribution < 1.29 is 19.1 Å². The van der Waals surface area contributed by atoms with Crippen LogP contribution in [0.4, 0.5) is 4.79 Å². The van der Waals surface area contributed by atoms with E-state index in [2.05, 4.69) is 6.58 Å². The summed E-state index contributed by atoms with van der Waals surface area (Å²) < 4.78 is 11.4. The second-order valence-electron chi connectivity index (χ2n) is 6.22. The summed E-state index contributed by atoms with van der Waals surface area (Å²) in [5.41, 5.74) is 6.57. The summed E-state index contributed by atoms with van der Waals surface area (Å²) in [6.07, 6.45) is 3.42. The Kier molecular flexibility index (Phi) is 8.50. The monoisotopic (exact) mass is 459 g/mol. The van der Waals surface area contributed by atoms with Gasteiger partial charge in [0.2, 0.25) is 0 Å². The number of primary amides is 1. The van der Waals surface area contributed by atoms with E-state index in [-0.39, 0.29) is 12.2 Å². The van der Waals surface area contributed by atoms with Gasteiger partial charge >= 0.3 is 6.03 Å². The number of carbonyl (C=O) groups excluding carboxylic acids is 2. The van der Waals surface area contributed by atoms with Gasteiger partial charge in [0.25, 0.3) is 5.91 Å². The summed E-state index contributed by atoms with van der Waals surface area (Å²) in [5, 5.41) is 12.1. The van der Waals surface area contributed by atoms with Gasteiger partial charge in [0.05, 0.1) is 7.11 Å². The minimum atomic E-state index is -1.05. The smallest absolute Gasteiger partial charge is 0.319 e. The van der Waals surface area contributed by atoms with E-state index in [9.17, 15) is 14.9 Å². The highest BCUT2D eigenvalue weighted by atomic mass is 35.5. The number of benzene rings is 2. The van der Waals surface area contributed by atoms with Gasteiger partial charge in [-0.2, -0.15) is 5.26 Å². The summed E-state index contributed by atoms with van der Waals surface area (Å²) >= 11 is 12.1. The zero-order valence-electron chi connectivity index (χ0n) is 16.6. The number of rotatable bonds is 8. The molecule has 0 bridgehead atoms. The molecule has 0 radical (unpaired) electrons. The van der Waals surface area contributed by atoms with Crippen LogP contribution in [0.5, 0.6) is 11.5 Å². The first kappa shape index (κ1) is 23.8. The number of nitrogens with one attached hydrogen (secondary N) is 1. The molecule has 0 heterocycles. The zero-order valence-corrected chi connectivity index (χ0v) is 18.1. The summed E-state index contributed by atoms with van der Waals surface area (Å²) in [7, 11) is 1.47. The molecule has 0 aliphatic rings. The number of hydrogen-bond donors (Lipinski definition) is 2. The Bertz CT molecular complexity index is 1090. The maximum atomic E-state index is 11.9. The van der Waals surface area contributed by atoms with Crippen molar-refractivity contribution in [2.45, 2.75) is 13.0 Å². The lowest BCUT2D eigenvalue weighted by molar-refractivity contribution is -0.115. The van der Waals surface area contributed by atoms with E-state index in [1.54, 1.807) is 42.5 Å². The number of urea groups is 1. The topological polar surface area (TPSA) is 114 Å². The zero-order chi connectivity index (χ0) is 23.0. The molecule has 160 valence electrons. The summed E-state index contributed by atoms with van der Waals surface area (Å²) in [5.74, 6) is -0.0640. The van der Waals surface area contributed by atoms with E-state index in [0.29, 0.717) is 39.1 Å². The number of nitrogens with zero attached hydrogens (tertiary/aromatic N) is 1. The van der Waals surface area contributed by atoms with Crippen molar-refractivity contribution in [1.29, 1.82) is 5.26 Å². The van der Waals surface area contributed by atoms with E-state index in [1.165, 1.54) is 13.2 Å². The molecule has 3 N–H and O–H groups in total. The van der Waals surface area contributed by atoms with E-state index in [0.717, 1.165) is 5.56 Å². The van der Waals surface area contributed by atoms with Crippen molar-refractivity contribution in [3.8, 4) is 17.6 Å². The van der Waals surface area contributed by atoms with Crippen LogP contribution >= 0.6 is 23.2 Å². The van der Waals surface area contributed by atoms with Crippen LogP contribution in [0.15, 0.2) is 48.6 Å². The highest BCUT2D eigenvalue weighted by Crippen LogP contribution is 2.35. The number of amides is 3. The van der Waals surface area contributed by atoms with Crippen LogP contribution in [0, 0.1) is 11.3 Å². The second-order valence-corrected chi connectivity index (χ2v) is 7.06. The molecule has 0 unspecified atom stereocenters. The van der Waals surface area contributed by atoms with Gasteiger partial charge in [-0.1, -0.05) is 35.3 Å². The third kappa shape index (κ3) is 6.51. The molecule has 0 aliphatic carbocycles. The Morgan fingerprint density at radius 1 is 1.26 bits per heavy atom. The maximum Gasteiger partial charge on any atom is 0.319 e. The SMILES string of the molecule is C=CCc1cc(/C=C(/C#N)C(=O)NC(N)=O)cc(OC)c1OCc1ccc(Cl)cc1Cl. The van der Waals surface area contributed by atoms with Gasteiger partial charge in [-0.3, -0.25) is 10.1 Å². The lowest BCUT2D eigenvalue weighted by atomic mass is 10.0. The number of nitriles is 1.